The fraction of sp³-hybridized carbons (Fsp3) is 0.565. The minimum absolute atomic E-state index is 0.0294. The van der Waals surface area contributed by atoms with E-state index in [9.17, 15) is 9.59 Å². The zero-order valence-corrected chi connectivity index (χ0v) is 17.5. The lowest BCUT2D eigenvalue weighted by Gasteiger charge is -2.21. The third-order valence-corrected chi connectivity index (χ3v) is 5.89. The van der Waals surface area contributed by atoms with Gasteiger partial charge in [0.2, 0.25) is 5.91 Å². The van der Waals surface area contributed by atoms with Gasteiger partial charge in [0.05, 0.1) is 12.6 Å². The molecule has 5 nitrogen and oxygen atoms in total. The lowest BCUT2D eigenvalue weighted by Crippen LogP contribution is -2.36. The number of hydrogen-bond donors (Lipinski definition) is 0. The second kappa shape index (κ2) is 8.80. The van der Waals surface area contributed by atoms with Crippen LogP contribution < -0.4 is 10.3 Å². The van der Waals surface area contributed by atoms with E-state index >= 15 is 0 Å². The van der Waals surface area contributed by atoms with E-state index in [0.29, 0.717) is 24.1 Å². The average Bonchev–Trinajstić information content (AvgIpc) is 3.21. The number of pyridine rings is 1. The van der Waals surface area contributed by atoms with Crippen LogP contribution in [0.1, 0.15) is 57.4 Å². The van der Waals surface area contributed by atoms with Gasteiger partial charge in [-0.1, -0.05) is 26.7 Å². The van der Waals surface area contributed by atoms with Crippen molar-refractivity contribution in [2.75, 3.05) is 20.7 Å². The van der Waals surface area contributed by atoms with Crippen molar-refractivity contribution >= 4 is 16.8 Å². The molecule has 1 aliphatic carbocycles. The molecule has 1 heterocycles. The second-order valence-electron chi connectivity index (χ2n) is 8.39. The van der Waals surface area contributed by atoms with Crippen LogP contribution in [0.25, 0.3) is 10.9 Å². The molecule has 152 valence electrons. The Kier molecular flexibility index (Phi) is 6.42. The largest absolute Gasteiger partial charge is 0.497 e. The predicted octanol–water partition coefficient (Wildman–Crippen LogP) is 4.17. The molecule has 1 amide bonds. The Morgan fingerprint density at radius 2 is 1.96 bits per heavy atom. The number of carbonyl (C=O) groups excluding carboxylic acids is 1. The first-order valence-corrected chi connectivity index (χ1v) is 10.4. The summed E-state index contributed by atoms with van der Waals surface area (Å²) in [5.41, 5.74) is 1.59. The molecule has 1 saturated carbocycles. The molecule has 5 heteroatoms. The average molecular weight is 385 g/mol. The first-order valence-electron chi connectivity index (χ1n) is 10.4. The third kappa shape index (κ3) is 4.40. The molecule has 0 bridgehead atoms. The number of amides is 1. The van der Waals surface area contributed by atoms with Gasteiger partial charge in [-0.25, -0.2) is 0 Å². The summed E-state index contributed by atoms with van der Waals surface area (Å²) in [6, 6.07) is 7.77. The van der Waals surface area contributed by atoms with Crippen molar-refractivity contribution in [2.45, 2.75) is 58.4 Å². The number of fused-ring (bicyclic) bond motifs is 1. The van der Waals surface area contributed by atoms with Crippen molar-refractivity contribution in [1.82, 2.24) is 9.47 Å². The Bertz CT molecular complexity index is 895. The van der Waals surface area contributed by atoms with Crippen LogP contribution in [-0.4, -0.2) is 36.1 Å². The quantitative estimate of drug-likeness (QED) is 0.720. The number of methoxy groups -OCH3 is 1. The van der Waals surface area contributed by atoms with Gasteiger partial charge in [-0.05, 0) is 54.7 Å². The topological polar surface area (TPSA) is 51.5 Å². The molecule has 0 spiro atoms. The van der Waals surface area contributed by atoms with E-state index in [0.717, 1.165) is 35.7 Å². The number of rotatable bonds is 7. The molecule has 0 saturated heterocycles. The van der Waals surface area contributed by atoms with Crippen molar-refractivity contribution in [3.8, 4) is 5.75 Å². The first kappa shape index (κ1) is 20.4. The molecule has 0 unspecified atom stereocenters. The van der Waals surface area contributed by atoms with E-state index in [4.69, 9.17) is 4.74 Å². The summed E-state index contributed by atoms with van der Waals surface area (Å²) in [4.78, 5) is 27.9. The van der Waals surface area contributed by atoms with Crippen LogP contribution in [0.15, 0.2) is 29.1 Å². The van der Waals surface area contributed by atoms with Crippen LogP contribution in [-0.2, 0) is 11.3 Å². The Morgan fingerprint density at radius 1 is 1.25 bits per heavy atom. The highest BCUT2D eigenvalue weighted by Crippen LogP contribution is 2.34. The molecule has 1 aromatic heterocycles. The summed E-state index contributed by atoms with van der Waals surface area (Å²) in [6.07, 6.45) is 5.40. The van der Waals surface area contributed by atoms with E-state index in [2.05, 4.69) is 13.8 Å². The van der Waals surface area contributed by atoms with Gasteiger partial charge in [-0.3, -0.25) is 14.2 Å². The molecule has 0 atom stereocenters. The highest BCUT2D eigenvalue weighted by Gasteiger charge is 2.23. The Balaban J connectivity index is 2.01. The molecule has 0 radical (unpaired) electrons. The summed E-state index contributed by atoms with van der Waals surface area (Å²) in [7, 11) is 3.43. The fourth-order valence-corrected chi connectivity index (χ4v) is 4.02. The van der Waals surface area contributed by atoms with Gasteiger partial charge in [-0.2, -0.15) is 0 Å². The maximum absolute atomic E-state index is 13.3. The van der Waals surface area contributed by atoms with Gasteiger partial charge in [0.15, 0.2) is 0 Å². The molecule has 1 aliphatic rings. The van der Waals surface area contributed by atoms with Crippen molar-refractivity contribution in [3.05, 3.63) is 40.2 Å². The maximum Gasteiger partial charge on any atom is 0.255 e. The molecule has 1 aromatic carbocycles. The fourth-order valence-electron chi connectivity index (χ4n) is 4.02. The first-order chi connectivity index (χ1) is 13.4. The monoisotopic (exact) mass is 384 g/mol. The number of carbonyl (C=O) groups is 1. The minimum Gasteiger partial charge on any atom is -0.497 e. The summed E-state index contributed by atoms with van der Waals surface area (Å²) >= 11 is 0. The van der Waals surface area contributed by atoms with Crippen LogP contribution in [0.2, 0.25) is 0 Å². The Morgan fingerprint density at radius 3 is 2.61 bits per heavy atom. The van der Waals surface area contributed by atoms with Crippen LogP contribution in [0.5, 0.6) is 5.75 Å². The third-order valence-electron chi connectivity index (χ3n) is 5.89. The van der Waals surface area contributed by atoms with Crippen LogP contribution in [0.3, 0.4) is 0 Å². The number of hydrogen-bond acceptors (Lipinski definition) is 3. The van der Waals surface area contributed by atoms with Crippen LogP contribution >= 0.6 is 0 Å². The SMILES string of the molecule is COc1ccc2cc(C3CCCC3)c(=O)n(CC(=O)N(C)CCC(C)C)c2c1. The molecule has 2 aromatic rings. The van der Waals surface area contributed by atoms with Crippen LogP contribution in [0, 0.1) is 5.92 Å². The lowest BCUT2D eigenvalue weighted by atomic mass is 9.97. The molecule has 3 rings (SSSR count). The van der Waals surface area contributed by atoms with E-state index in [1.165, 1.54) is 12.8 Å². The Hall–Kier alpha value is -2.30. The molecule has 28 heavy (non-hydrogen) atoms. The molecule has 0 aliphatic heterocycles. The summed E-state index contributed by atoms with van der Waals surface area (Å²) in [5, 5.41) is 0.986. The number of aromatic nitrogens is 1. The smallest absolute Gasteiger partial charge is 0.255 e. The van der Waals surface area contributed by atoms with Gasteiger partial charge < -0.3 is 9.64 Å². The van der Waals surface area contributed by atoms with E-state index in [1.807, 2.05) is 31.3 Å². The zero-order chi connectivity index (χ0) is 20.3. The summed E-state index contributed by atoms with van der Waals surface area (Å²) in [5.74, 6) is 1.50. The van der Waals surface area contributed by atoms with Gasteiger partial charge >= 0.3 is 0 Å². The number of nitrogens with zero attached hydrogens (tertiary/aromatic N) is 2. The maximum atomic E-state index is 13.3. The zero-order valence-electron chi connectivity index (χ0n) is 17.5. The van der Waals surface area contributed by atoms with Crippen molar-refractivity contribution in [1.29, 1.82) is 0 Å². The van der Waals surface area contributed by atoms with Crippen molar-refractivity contribution in [2.24, 2.45) is 5.92 Å². The van der Waals surface area contributed by atoms with E-state index in [1.54, 1.807) is 16.6 Å². The second-order valence-corrected chi connectivity index (χ2v) is 8.39. The number of likely N-dealkylation sites (N-methyl/N-ethyl adjacent to an activating group) is 1. The van der Waals surface area contributed by atoms with Gasteiger partial charge in [0, 0.05) is 25.2 Å². The van der Waals surface area contributed by atoms with E-state index < -0.39 is 0 Å². The van der Waals surface area contributed by atoms with Gasteiger partial charge in [0.25, 0.3) is 5.56 Å². The van der Waals surface area contributed by atoms with Gasteiger partial charge in [0.1, 0.15) is 12.3 Å². The summed E-state index contributed by atoms with van der Waals surface area (Å²) in [6.45, 7) is 5.06. The molecular weight excluding hydrogens is 352 g/mol. The predicted molar refractivity (Wildman–Crippen MR) is 113 cm³/mol. The molecule has 1 fully saturated rings. The Labute approximate surface area is 167 Å². The summed E-state index contributed by atoms with van der Waals surface area (Å²) < 4.78 is 7.01. The van der Waals surface area contributed by atoms with Crippen molar-refractivity contribution in [3.63, 3.8) is 0 Å². The highest BCUT2D eigenvalue weighted by molar-refractivity contribution is 5.84. The molecular formula is C23H32N2O3. The normalized spacial score (nSPS) is 14.8. The standard InChI is InChI=1S/C23H32N2O3/c1-16(2)11-12-24(3)22(26)15-25-21-14-19(28-4)10-9-18(21)13-20(23(25)27)17-7-5-6-8-17/h9-10,13-14,16-17H,5-8,11-12,15H2,1-4H3. The minimum atomic E-state index is -0.0320. The highest BCUT2D eigenvalue weighted by atomic mass is 16.5. The van der Waals surface area contributed by atoms with Crippen molar-refractivity contribution < 1.29 is 9.53 Å². The molecule has 0 N–H and O–H groups in total. The van der Waals surface area contributed by atoms with Gasteiger partial charge in [-0.15, -0.1) is 0 Å². The number of ether oxygens (including phenoxy) is 1. The van der Waals surface area contributed by atoms with Crippen LogP contribution in [0.4, 0.5) is 0 Å². The number of benzene rings is 1. The van der Waals surface area contributed by atoms with E-state index in [-0.39, 0.29) is 18.0 Å². The lowest BCUT2D eigenvalue weighted by molar-refractivity contribution is -0.130.